The normalized spacial score (nSPS) is 25.7. The fourth-order valence-electron chi connectivity index (χ4n) is 4.15. The van der Waals surface area contributed by atoms with Crippen LogP contribution in [-0.2, 0) is 17.9 Å². The van der Waals surface area contributed by atoms with E-state index in [9.17, 15) is 9.59 Å². The summed E-state index contributed by atoms with van der Waals surface area (Å²) in [5, 5.41) is 14.0. The first kappa shape index (κ1) is 22.5. The summed E-state index contributed by atoms with van der Waals surface area (Å²) in [6, 6.07) is 1.91. The molecule has 3 rings (SSSR count). The molecule has 2 aromatic heterocycles. The summed E-state index contributed by atoms with van der Waals surface area (Å²) in [5.41, 5.74) is 0.587. The van der Waals surface area contributed by atoms with Crippen LogP contribution in [0.25, 0.3) is 0 Å². The number of hydrogen-bond acceptors (Lipinski definition) is 6. The highest BCUT2D eigenvalue weighted by Crippen LogP contribution is 2.48. The van der Waals surface area contributed by atoms with Gasteiger partial charge in [-0.15, -0.1) is 0 Å². The van der Waals surface area contributed by atoms with Crippen molar-refractivity contribution in [2.75, 3.05) is 5.32 Å². The average molecular weight is 480 g/mol. The molecule has 30 heavy (non-hydrogen) atoms. The van der Waals surface area contributed by atoms with E-state index < -0.39 is 0 Å². The van der Waals surface area contributed by atoms with E-state index in [1.54, 1.807) is 12.3 Å². The Bertz CT molecular complexity index is 941. The van der Waals surface area contributed by atoms with Crippen LogP contribution in [-0.4, -0.2) is 26.9 Å². The number of anilines is 1. The van der Waals surface area contributed by atoms with Crippen LogP contribution in [0, 0.1) is 23.2 Å². The van der Waals surface area contributed by atoms with Crippen molar-refractivity contribution in [1.29, 1.82) is 0 Å². The standard InChI is InChI=1S/C21H30BrN5O3/c1-12-8-16(13(2)14(3)21(12,4)5)26-17-10-24-27(20(29)19(17)22)11-18(28)23-9-15-6-7-25-30-15/h6-7,10,12-14,16,26H,8-9,11H2,1-5H3,(H,23,28)/t12-,13+,14+,16+/m0/s1. The molecule has 1 aliphatic carbocycles. The van der Waals surface area contributed by atoms with Crippen LogP contribution >= 0.6 is 15.9 Å². The lowest BCUT2D eigenvalue weighted by atomic mass is 9.58. The van der Waals surface area contributed by atoms with Gasteiger partial charge >= 0.3 is 0 Å². The van der Waals surface area contributed by atoms with Crippen LogP contribution in [0.4, 0.5) is 5.69 Å². The second-order valence-corrected chi connectivity index (χ2v) is 9.74. The number of carbonyl (C=O) groups is 1. The van der Waals surface area contributed by atoms with Gasteiger partial charge in [0.05, 0.1) is 24.6 Å². The lowest BCUT2D eigenvalue weighted by molar-refractivity contribution is -0.122. The van der Waals surface area contributed by atoms with Crippen molar-refractivity contribution in [2.45, 2.75) is 60.2 Å². The van der Waals surface area contributed by atoms with Gasteiger partial charge in [-0.05, 0) is 45.5 Å². The van der Waals surface area contributed by atoms with Gasteiger partial charge in [0.15, 0.2) is 5.76 Å². The molecule has 1 aliphatic rings. The zero-order valence-corrected chi connectivity index (χ0v) is 19.7. The van der Waals surface area contributed by atoms with Crippen molar-refractivity contribution in [1.82, 2.24) is 20.3 Å². The van der Waals surface area contributed by atoms with Gasteiger partial charge in [-0.1, -0.05) is 39.8 Å². The molecule has 0 spiro atoms. The van der Waals surface area contributed by atoms with E-state index in [4.69, 9.17) is 4.52 Å². The van der Waals surface area contributed by atoms with Gasteiger partial charge in [0, 0.05) is 12.1 Å². The maximum absolute atomic E-state index is 12.7. The second-order valence-electron chi connectivity index (χ2n) is 8.95. The summed E-state index contributed by atoms with van der Waals surface area (Å²) >= 11 is 3.40. The van der Waals surface area contributed by atoms with E-state index in [-0.39, 0.29) is 36.0 Å². The Hall–Kier alpha value is -2.16. The maximum Gasteiger partial charge on any atom is 0.283 e. The minimum absolute atomic E-state index is 0.173. The van der Waals surface area contributed by atoms with Crippen molar-refractivity contribution in [3.05, 3.63) is 39.0 Å². The Kier molecular flexibility index (Phi) is 6.69. The molecule has 4 atom stereocenters. The number of rotatable bonds is 6. The zero-order valence-electron chi connectivity index (χ0n) is 18.1. The summed E-state index contributed by atoms with van der Waals surface area (Å²) in [6.07, 6.45) is 4.14. The molecule has 164 valence electrons. The first-order chi connectivity index (χ1) is 14.1. The molecule has 1 fully saturated rings. The van der Waals surface area contributed by atoms with Gasteiger partial charge in [0.25, 0.3) is 5.56 Å². The third-order valence-corrected chi connectivity index (χ3v) is 7.81. The predicted octanol–water partition coefficient (Wildman–Crippen LogP) is 3.43. The highest BCUT2D eigenvalue weighted by atomic mass is 79.9. The van der Waals surface area contributed by atoms with Crippen LogP contribution < -0.4 is 16.2 Å². The highest BCUT2D eigenvalue weighted by molar-refractivity contribution is 9.10. The summed E-state index contributed by atoms with van der Waals surface area (Å²) in [6.45, 7) is 11.6. The molecule has 2 heterocycles. The van der Waals surface area contributed by atoms with Crippen LogP contribution in [0.2, 0.25) is 0 Å². The summed E-state index contributed by atoms with van der Waals surface area (Å²) in [4.78, 5) is 24.9. The SMILES string of the molecule is C[C@@H]1[C@@H](C)C(C)(C)[C@@H](C)C[C@H]1Nc1cnn(CC(=O)NCc2ccno2)c(=O)c1Br. The van der Waals surface area contributed by atoms with E-state index in [2.05, 4.69) is 71.4 Å². The Morgan fingerprint density at radius 3 is 2.77 bits per heavy atom. The van der Waals surface area contributed by atoms with E-state index in [0.717, 1.165) is 11.1 Å². The first-order valence-electron chi connectivity index (χ1n) is 10.3. The largest absolute Gasteiger partial charge is 0.380 e. The van der Waals surface area contributed by atoms with E-state index in [0.29, 0.717) is 33.7 Å². The van der Waals surface area contributed by atoms with Crippen LogP contribution in [0.1, 0.15) is 46.8 Å². The fourth-order valence-corrected chi connectivity index (χ4v) is 4.57. The minimum Gasteiger partial charge on any atom is -0.380 e. The van der Waals surface area contributed by atoms with Gasteiger partial charge in [-0.2, -0.15) is 5.10 Å². The molecule has 0 unspecified atom stereocenters. The molecule has 1 saturated carbocycles. The number of carbonyl (C=O) groups excluding carboxylic acids is 1. The summed E-state index contributed by atoms with van der Waals surface area (Å²) < 4.78 is 6.47. The number of hydrogen-bond donors (Lipinski definition) is 2. The van der Waals surface area contributed by atoms with Crippen molar-refractivity contribution in [2.24, 2.45) is 23.2 Å². The Labute approximate surface area is 184 Å². The maximum atomic E-state index is 12.7. The molecular formula is C21H30BrN5O3. The van der Waals surface area contributed by atoms with Gasteiger partial charge in [0.1, 0.15) is 11.0 Å². The quantitative estimate of drug-likeness (QED) is 0.657. The second kappa shape index (κ2) is 8.91. The molecule has 9 heteroatoms. The molecule has 0 aromatic carbocycles. The summed E-state index contributed by atoms with van der Waals surface area (Å²) in [5.74, 6) is 1.75. The van der Waals surface area contributed by atoms with Crippen molar-refractivity contribution < 1.29 is 9.32 Å². The minimum atomic E-state index is -0.347. The van der Waals surface area contributed by atoms with Crippen LogP contribution in [0.15, 0.2) is 32.3 Å². The Balaban J connectivity index is 1.67. The number of nitrogens with one attached hydrogen (secondary N) is 2. The monoisotopic (exact) mass is 479 g/mol. The lowest BCUT2D eigenvalue weighted by Crippen LogP contribution is -2.48. The number of amides is 1. The van der Waals surface area contributed by atoms with Crippen molar-refractivity contribution in [3.63, 3.8) is 0 Å². The van der Waals surface area contributed by atoms with Crippen molar-refractivity contribution >= 4 is 27.5 Å². The molecule has 8 nitrogen and oxygen atoms in total. The number of halogens is 1. The Morgan fingerprint density at radius 2 is 2.10 bits per heavy atom. The van der Waals surface area contributed by atoms with E-state index in [1.165, 1.54) is 6.20 Å². The molecule has 0 radical (unpaired) electrons. The predicted molar refractivity (Wildman–Crippen MR) is 118 cm³/mol. The van der Waals surface area contributed by atoms with E-state index >= 15 is 0 Å². The first-order valence-corrected chi connectivity index (χ1v) is 11.1. The number of nitrogens with zero attached hydrogens (tertiary/aromatic N) is 3. The van der Waals surface area contributed by atoms with Crippen LogP contribution in [0.3, 0.4) is 0 Å². The molecule has 0 aliphatic heterocycles. The van der Waals surface area contributed by atoms with Gasteiger partial charge in [0.2, 0.25) is 5.91 Å². The molecular weight excluding hydrogens is 450 g/mol. The fraction of sp³-hybridized carbons (Fsp3) is 0.619. The molecule has 2 N–H and O–H groups in total. The smallest absolute Gasteiger partial charge is 0.283 e. The molecule has 0 bridgehead atoms. The zero-order chi connectivity index (χ0) is 22.1. The topological polar surface area (TPSA) is 102 Å². The van der Waals surface area contributed by atoms with Crippen LogP contribution in [0.5, 0.6) is 0 Å². The van der Waals surface area contributed by atoms with Crippen molar-refractivity contribution in [3.8, 4) is 0 Å². The highest BCUT2D eigenvalue weighted by Gasteiger charge is 2.43. The molecule has 2 aromatic rings. The van der Waals surface area contributed by atoms with Gasteiger partial charge in [-0.3, -0.25) is 9.59 Å². The molecule has 1 amide bonds. The average Bonchev–Trinajstić information content (AvgIpc) is 3.22. The third-order valence-electron chi connectivity index (χ3n) is 7.04. The Morgan fingerprint density at radius 1 is 1.37 bits per heavy atom. The molecule has 0 saturated heterocycles. The van der Waals surface area contributed by atoms with Gasteiger partial charge < -0.3 is 15.2 Å². The van der Waals surface area contributed by atoms with E-state index in [1.807, 2.05) is 0 Å². The number of aromatic nitrogens is 3. The lowest BCUT2D eigenvalue weighted by Gasteiger charge is -2.50. The summed E-state index contributed by atoms with van der Waals surface area (Å²) in [7, 11) is 0. The van der Waals surface area contributed by atoms with Gasteiger partial charge in [-0.25, -0.2) is 4.68 Å². The third kappa shape index (κ3) is 4.61.